The molecular weight excluding hydrogens is 378 g/mol. The van der Waals surface area contributed by atoms with Crippen molar-refractivity contribution < 1.29 is 14.2 Å². The number of halogens is 1. The van der Waals surface area contributed by atoms with E-state index in [9.17, 15) is 0 Å². The minimum Gasteiger partial charge on any atom is -0.457 e. The van der Waals surface area contributed by atoms with E-state index in [4.69, 9.17) is 25.8 Å². The van der Waals surface area contributed by atoms with Gasteiger partial charge in [0.15, 0.2) is 0 Å². The smallest absolute Gasteiger partial charge is 0.215 e. The van der Waals surface area contributed by atoms with Gasteiger partial charge in [-0.3, -0.25) is 0 Å². The molecule has 1 fully saturated rings. The van der Waals surface area contributed by atoms with Gasteiger partial charge in [0.1, 0.15) is 30.7 Å². The molecule has 146 valence electrons. The number of aryl methyl sites for hydroxylation is 1. The first-order chi connectivity index (χ1) is 13.5. The first-order valence-electron chi connectivity index (χ1n) is 9.23. The maximum Gasteiger partial charge on any atom is 0.215 e. The van der Waals surface area contributed by atoms with Gasteiger partial charge >= 0.3 is 0 Å². The molecule has 0 bridgehead atoms. The zero-order valence-corrected chi connectivity index (χ0v) is 16.6. The first-order valence-corrected chi connectivity index (χ1v) is 9.61. The fourth-order valence-corrected chi connectivity index (χ4v) is 3.54. The van der Waals surface area contributed by atoms with Crippen LogP contribution in [0, 0.1) is 6.92 Å². The molecule has 1 saturated heterocycles. The van der Waals surface area contributed by atoms with Crippen molar-refractivity contribution in [1.82, 2.24) is 14.8 Å². The summed E-state index contributed by atoms with van der Waals surface area (Å²) < 4.78 is 20.2. The standard InChI is InChI=1S/C21H22ClN3O3/c1-15-11-19(27-18-5-3-17(22)4-6-18)7-8-20(15)21(12-25-14-23-13-24-25)26-10-9-16(2)28-21/h3-8,11,13-14,16H,9-10,12H2,1-2H3. The predicted octanol–water partition coefficient (Wildman–Crippen LogP) is 4.71. The Bertz CT molecular complexity index is 931. The summed E-state index contributed by atoms with van der Waals surface area (Å²) in [7, 11) is 0. The minimum absolute atomic E-state index is 0.0849. The van der Waals surface area contributed by atoms with Crippen molar-refractivity contribution in [3.05, 3.63) is 71.3 Å². The van der Waals surface area contributed by atoms with Crippen LogP contribution in [0.15, 0.2) is 55.1 Å². The lowest BCUT2D eigenvalue weighted by atomic mass is 9.98. The van der Waals surface area contributed by atoms with Crippen molar-refractivity contribution in [2.24, 2.45) is 0 Å². The molecule has 28 heavy (non-hydrogen) atoms. The largest absolute Gasteiger partial charge is 0.457 e. The molecular formula is C21H22ClN3O3. The Kier molecular flexibility index (Phi) is 5.35. The highest BCUT2D eigenvalue weighted by Gasteiger charge is 2.41. The number of hydrogen-bond acceptors (Lipinski definition) is 5. The summed E-state index contributed by atoms with van der Waals surface area (Å²) in [5.74, 6) is 0.560. The van der Waals surface area contributed by atoms with Gasteiger partial charge in [-0.25, -0.2) is 9.67 Å². The number of aromatic nitrogens is 3. The lowest BCUT2D eigenvalue weighted by molar-refractivity contribution is -0.307. The van der Waals surface area contributed by atoms with Gasteiger partial charge in [-0.2, -0.15) is 5.10 Å². The van der Waals surface area contributed by atoms with Crippen molar-refractivity contribution in [1.29, 1.82) is 0 Å². The third-order valence-corrected chi connectivity index (χ3v) is 5.00. The van der Waals surface area contributed by atoms with Crippen LogP contribution in [0.3, 0.4) is 0 Å². The van der Waals surface area contributed by atoms with Crippen LogP contribution >= 0.6 is 11.6 Å². The van der Waals surface area contributed by atoms with Gasteiger partial charge in [0, 0.05) is 10.6 Å². The number of benzene rings is 2. The van der Waals surface area contributed by atoms with Crippen LogP contribution < -0.4 is 4.74 Å². The Morgan fingerprint density at radius 3 is 2.68 bits per heavy atom. The van der Waals surface area contributed by atoms with Crippen molar-refractivity contribution >= 4 is 11.6 Å². The molecule has 0 spiro atoms. The molecule has 1 aromatic heterocycles. The van der Waals surface area contributed by atoms with Crippen LogP contribution in [0.4, 0.5) is 0 Å². The summed E-state index contributed by atoms with van der Waals surface area (Å²) in [6, 6.07) is 13.2. The lowest BCUT2D eigenvalue weighted by Gasteiger charge is -2.41. The van der Waals surface area contributed by atoms with E-state index in [1.54, 1.807) is 23.1 Å². The van der Waals surface area contributed by atoms with Crippen LogP contribution in [-0.2, 0) is 21.8 Å². The summed E-state index contributed by atoms with van der Waals surface area (Å²) in [6.45, 7) is 5.14. The Morgan fingerprint density at radius 2 is 2.00 bits per heavy atom. The maximum absolute atomic E-state index is 6.32. The third kappa shape index (κ3) is 4.04. The van der Waals surface area contributed by atoms with Crippen molar-refractivity contribution in [3.63, 3.8) is 0 Å². The number of rotatable bonds is 5. The molecule has 2 heterocycles. The van der Waals surface area contributed by atoms with E-state index in [0.717, 1.165) is 29.0 Å². The molecule has 4 rings (SSSR count). The van der Waals surface area contributed by atoms with Gasteiger partial charge in [0.05, 0.1) is 12.7 Å². The monoisotopic (exact) mass is 399 g/mol. The lowest BCUT2D eigenvalue weighted by Crippen LogP contribution is -2.45. The SMILES string of the molecule is Cc1cc(Oc2ccc(Cl)cc2)ccc1C1(Cn2cncn2)OCCC(C)O1. The molecule has 6 nitrogen and oxygen atoms in total. The molecule has 2 unspecified atom stereocenters. The van der Waals surface area contributed by atoms with Crippen LogP contribution in [0.25, 0.3) is 0 Å². The average molecular weight is 400 g/mol. The second kappa shape index (κ2) is 7.91. The summed E-state index contributed by atoms with van der Waals surface area (Å²) in [5.41, 5.74) is 1.97. The van der Waals surface area contributed by atoms with E-state index in [1.165, 1.54) is 6.33 Å². The molecule has 2 atom stereocenters. The molecule has 0 radical (unpaired) electrons. The zero-order chi connectivity index (χ0) is 19.6. The molecule has 1 aliphatic rings. The van der Waals surface area contributed by atoms with E-state index >= 15 is 0 Å². The summed E-state index contributed by atoms with van der Waals surface area (Å²) in [6.07, 6.45) is 4.12. The first kappa shape index (κ1) is 18.9. The summed E-state index contributed by atoms with van der Waals surface area (Å²) in [5, 5.41) is 4.90. The van der Waals surface area contributed by atoms with E-state index in [0.29, 0.717) is 18.2 Å². The maximum atomic E-state index is 6.32. The van der Waals surface area contributed by atoms with Crippen LogP contribution in [0.1, 0.15) is 24.5 Å². The predicted molar refractivity (Wildman–Crippen MR) is 106 cm³/mol. The molecule has 1 aliphatic heterocycles. The third-order valence-electron chi connectivity index (χ3n) is 4.75. The Labute approximate surface area is 169 Å². The highest BCUT2D eigenvalue weighted by molar-refractivity contribution is 6.30. The van der Waals surface area contributed by atoms with Crippen LogP contribution in [0.2, 0.25) is 5.02 Å². The fraction of sp³-hybridized carbons (Fsp3) is 0.333. The van der Waals surface area contributed by atoms with Gasteiger partial charge < -0.3 is 14.2 Å². The second-order valence-electron chi connectivity index (χ2n) is 6.94. The number of ether oxygens (including phenoxy) is 3. The van der Waals surface area contributed by atoms with Crippen molar-refractivity contribution in [2.75, 3.05) is 6.61 Å². The van der Waals surface area contributed by atoms with E-state index in [-0.39, 0.29) is 6.10 Å². The zero-order valence-electron chi connectivity index (χ0n) is 15.8. The van der Waals surface area contributed by atoms with E-state index in [2.05, 4.69) is 17.0 Å². The number of hydrogen-bond donors (Lipinski definition) is 0. The molecule has 0 amide bonds. The Morgan fingerprint density at radius 1 is 1.21 bits per heavy atom. The molecule has 0 aliphatic carbocycles. The quantitative estimate of drug-likeness (QED) is 0.621. The molecule has 2 aromatic carbocycles. The van der Waals surface area contributed by atoms with Gasteiger partial charge in [-0.05, 0) is 68.3 Å². The van der Waals surface area contributed by atoms with Crippen molar-refractivity contribution in [3.8, 4) is 11.5 Å². The van der Waals surface area contributed by atoms with Gasteiger partial charge in [0.25, 0.3) is 0 Å². The molecule has 0 N–H and O–H groups in total. The normalized spacial score (nSPS) is 22.2. The highest BCUT2D eigenvalue weighted by atomic mass is 35.5. The average Bonchev–Trinajstić information content (AvgIpc) is 3.16. The molecule has 3 aromatic rings. The van der Waals surface area contributed by atoms with Crippen LogP contribution in [-0.4, -0.2) is 27.5 Å². The van der Waals surface area contributed by atoms with Gasteiger partial charge in [-0.1, -0.05) is 11.6 Å². The summed E-state index contributed by atoms with van der Waals surface area (Å²) >= 11 is 5.94. The van der Waals surface area contributed by atoms with Gasteiger partial charge in [-0.15, -0.1) is 0 Å². The topological polar surface area (TPSA) is 58.4 Å². The fourth-order valence-electron chi connectivity index (χ4n) is 3.41. The minimum atomic E-state index is -0.908. The Balaban J connectivity index is 1.63. The molecule has 7 heteroatoms. The van der Waals surface area contributed by atoms with Crippen LogP contribution in [0.5, 0.6) is 11.5 Å². The Hall–Kier alpha value is -2.41. The number of nitrogens with zero attached hydrogens (tertiary/aromatic N) is 3. The van der Waals surface area contributed by atoms with E-state index in [1.807, 2.05) is 37.3 Å². The van der Waals surface area contributed by atoms with Gasteiger partial charge in [0.2, 0.25) is 5.79 Å². The van der Waals surface area contributed by atoms with E-state index < -0.39 is 5.79 Å². The highest BCUT2D eigenvalue weighted by Crippen LogP contribution is 2.38. The van der Waals surface area contributed by atoms with Crippen molar-refractivity contribution in [2.45, 2.75) is 38.7 Å². The second-order valence-corrected chi connectivity index (χ2v) is 7.38. The summed E-state index contributed by atoms with van der Waals surface area (Å²) in [4.78, 5) is 4.03. The molecule has 0 saturated carbocycles.